The number of aryl methyl sites for hydroxylation is 1. The standard InChI is InChI=1S/C19H21Cl2N5/c1-12-16-18(25-9-6-19(2,22)7-10-25)23-8-11-26(16)17(24-12)13-4-3-5-14(20)15(13)21/h3-5,8,11H,6-7,9-10,22H2,1-2H3. The molecular formula is C19H21Cl2N5. The number of fused-ring (bicyclic) bond motifs is 1. The molecule has 0 saturated carbocycles. The zero-order chi connectivity index (χ0) is 18.5. The highest BCUT2D eigenvalue weighted by Crippen LogP contribution is 2.36. The molecule has 0 unspecified atom stereocenters. The van der Waals surface area contributed by atoms with Crippen molar-refractivity contribution in [1.82, 2.24) is 14.4 Å². The molecule has 1 saturated heterocycles. The number of aromatic nitrogens is 3. The number of piperidine rings is 1. The molecule has 136 valence electrons. The molecule has 1 aliphatic rings. The van der Waals surface area contributed by atoms with E-state index in [0.29, 0.717) is 10.0 Å². The Morgan fingerprint density at radius 1 is 1.19 bits per heavy atom. The van der Waals surface area contributed by atoms with Crippen LogP contribution in [-0.4, -0.2) is 33.0 Å². The Hall–Kier alpha value is -1.82. The molecule has 1 fully saturated rings. The Bertz CT molecular complexity index is 969. The van der Waals surface area contributed by atoms with Gasteiger partial charge in [0.05, 0.1) is 15.7 Å². The largest absolute Gasteiger partial charge is 0.355 e. The molecule has 0 bridgehead atoms. The monoisotopic (exact) mass is 389 g/mol. The molecule has 1 aliphatic heterocycles. The zero-order valence-electron chi connectivity index (χ0n) is 14.8. The van der Waals surface area contributed by atoms with Crippen molar-refractivity contribution in [3.05, 3.63) is 46.3 Å². The second kappa shape index (κ2) is 6.41. The first-order chi connectivity index (χ1) is 12.4. The van der Waals surface area contributed by atoms with Gasteiger partial charge in [0.2, 0.25) is 0 Å². The summed E-state index contributed by atoms with van der Waals surface area (Å²) in [6.45, 7) is 5.89. The summed E-state index contributed by atoms with van der Waals surface area (Å²) in [4.78, 5) is 11.7. The molecule has 1 aromatic carbocycles. The van der Waals surface area contributed by atoms with Crippen LogP contribution in [0.5, 0.6) is 0 Å². The average Bonchev–Trinajstić information content (AvgIpc) is 2.94. The SMILES string of the molecule is Cc1nc(-c2cccc(Cl)c2Cl)n2ccnc(N3CCC(C)(N)CC3)c12. The van der Waals surface area contributed by atoms with Crippen LogP contribution in [0.1, 0.15) is 25.5 Å². The van der Waals surface area contributed by atoms with E-state index in [1.807, 2.05) is 35.9 Å². The van der Waals surface area contributed by atoms with Gasteiger partial charge < -0.3 is 10.6 Å². The number of benzene rings is 1. The minimum atomic E-state index is -0.101. The van der Waals surface area contributed by atoms with E-state index in [1.165, 1.54) is 0 Å². The minimum absolute atomic E-state index is 0.101. The van der Waals surface area contributed by atoms with E-state index in [2.05, 4.69) is 16.8 Å². The lowest BCUT2D eigenvalue weighted by Crippen LogP contribution is -2.48. The van der Waals surface area contributed by atoms with Crippen LogP contribution in [0.2, 0.25) is 10.0 Å². The molecule has 7 heteroatoms. The first kappa shape index (κ1) is 17.6. The van der Waals surface area contributed by atoms with Crippen molar-refractivity contribution < 1.29 is 0 Å². The van der Waals surface area contributed by atoms with E-state index >= 15 is 0 Å². The van der Waals surface area contributed by atoms with Gasteiger partial charge in [-0.3, -0.25) is 4.40 Å². The smallest absolute Gasteiger partial charge is 0.154 e. The molecule has 0 spiro atoms. The van der Waals surface area contributed by atoms with Crippen molar-refractivity contribution in [3.8, 4) is 11.4 Å². The third-order valence-electron chi connectivity index (χ3n) is 5.11. The van der Waals surface area contributed by atoms with Gasteiger partial charge in [-0.15, -0.1) is 0 Å². The van der Waals surface area contributed by atoms with Crippen LogP contribution in [0.25, 0.3) is 16.9 Å². The summed E-state index contributed by atoms with van der Waals surface area (Å²) in [7, 11) is 0. The molecule has 3 heterocycles. The van der Waals surface area contributed by atoms with Crippen molar-refractivity contribution in [1.29, 1.82) is 0 Å². The van der Waals surface area contributed by atoms with E-state index in [1.54, 1.807) is 6.07 Å². The maximum atomic E-state index is 6.43. The summed E-state index contributed by atoms with van der Waals surface area (Å²) in [5.74, 6) is 1.71. The molecule has 5 nitrogen and oxygen atoms in total. The number of hydrogen-bond acceptors (Lipinski definition) is 4. The van der Waals surface area contributed by atoms with Crippen LogP contribution >= 0.6 is 23.2 Å². The number of nitrogens with zero attached hydrogens (tertiary/aromatic N) is 4. The molecule has 0 atom stereocenters. The van der Waals surface area contributed by atoms with Gasteiger partial charge in [0.1, 0.15) is 11.3 Å². The van der Waals surface area contributed by atoms with Gasteiger partial charge >= 0.3 is 0 Å². The van der Waals surface area contributed by atoms with E-state index < -0.39 is 0 Å². The highest BCUT2D eigenvalue weighted by atomic mass is 35.5. The predicted molar refractivity (Wildman–Crippen MR) is 107 cm³/mol. The van der Waals surface area contributed by atoms with Gasteiger partial charge in [-0.1, -0.05) is 29.3 Å². The van der Waals surface area contributed by atoms with Crippen molar-refractivity contribution >= 4 is 34.5 Å². The maximum absolute atomic E-state index is 6.43. The topological polar surface area (TPSA) is 59.5 Å². The summed E-state index contributed by atoms with van der Waals surface area (Å²) >= 11 is 12.6. The van der Waals surface area contributed by atoms with E-state index in [4.69, 9.17) is 33.9 Å². The second-order valence-electron chi connectivity index (χ2n) is 7.23. The Kier molecular flexibility index (Phi) is 4.34. The molecule has 0 aliphatic carbocycles. The van der Waals surface area contributed by atoms with Gasteiger partial charge in [-0.2, -0.15) is 0 Å². The Morgan fingerprint density at radius 2 is 1.92 bits per heavy atom. The lowest BCUT2D eigenvalue weighted by atomic mass is 9.91. The molecule has 3 aromatic rings. The van der Waals surface area contributed by atoms with Crippen molar-refractivity contribution in [3.63, 3.8) is 0 Å². The van der Waals surface area contributed by atoms with E-state index in [9.17, 15) is 0 Å². The highest BCUT2D eigenvalue weighted by molar-refractivity contribution is 6.43. The van der Waals surface area contributed by atoms with Crippen LogP contribution in [0.15, 0.2) is 30.6 Å². The van der Waals surface area contributed by atoms with Gasteiger partial charge in [0, 0.05) is 36.6 Å². The summed E-state index contributed by atoms with van der Waals surface area (Å²) in [6, 6.07) is 5.60. The number of imidazole rings is 1. The molecule has 0 amide bonds. The minimum Gasteiger partial charge on any atom is -0.355 e. The van der Waals surface area contributed by atoms with Gasteiger partial charge in [-0.05, 0) is 38.8 Å². The van der Waals surface area contributed by atoms with E-state index in [0.717, 1.165) is 54.3 Å². The molecule has 0 radical (unpaired) electrons. The van der Waals surface area contributed by atoms with Crippen LogP contribution < -0.4 is 10.6 Å². The van der Waals surface area contributed by atoms with Gasteiger partial charge in [0.15, 0.2) is 5.82 Å². The normalized spacial score (nSPS) is 17.0. The summed E-state index contributed by atoms with van der Waals surface area (Å²) in [5.41, 5.74) is 8.91. The Morgan fingerprint density at radius 3 is 2.65 bits per heavy atom. The Labute approximate surface area is 162 Å². The lowest BCUT2D eigenvalue weighted by molar-refractivity contribution is 0.363. The fraction of sp³-hybridized carbons (Fsp3) is 0.368. The zero-order valence-corrected chi connectivity index (χ0v) is 16.3. The summed E-state index contributed by atoms with van der Waals surface area (Å²) < 4.78 is 2.05. The van der Waals surface area contributed by atoms with E-state index in [-0.39, 0.29) is 5.54 Å². The maximum Gasteiger partial charge on any atom is 0.154 e. The summed E-state index contributed by atoms with van der Waals surface area (Å²) in [6.07, 6.45) is 5.61. The molecule has 26 heavy (non-hydrogen) atoms. The number of halogens is 2. The molecule has 2 N–H and O–H groups in total. The third-order valence-corrected chi connectivity index (χ3v) is 5.93. The number of anilines is 1. The van der Waals surface area contributed by atoms with Crippen LogP contribution in [0.4, 0.5) is 5.82 Å². The van der Waals surface area contributed by atoms with Crippen LogP contribution in [0.3, 0.4) is 0 Å². The average molecular weight is 390 g/mol. The van der Waals surface area contributed by atoms with Crippen molar-refractivity contribution in [2.75, 3.05) is 18.0 Å². The number of hydrogen-bond donors (Lipinski definition) is 1. The molecular weight excluding hydrogens is 369 g/mol. The Balaban J connectivity index is 1.84. The fourth-order valence-electron chi connectivity index (χ4n) is 3.52. The van der Waals surface area contributed by atoms with Crippen molar-refractivity contribution in [2.45, 2.75) is 32.2 Å². The van der Waals surface area contributed by atoms with Crippen molar-refractivity contribution in [2.24, 2.45) is 5.73 Å². The first-order valence-corrected chi connectivity index (χ1v) is 9.45. The summed E-state index contributed by atoms with van der Waals surface area (Å²) in [5, 5.41) is 1.03. The highest BCUT2D eigenvalue weighted by Gasteiger charge is 2.28. The van der Waals surface area contributed by atoms with Crippen LogP contribution in [-0.2, 0) is 0 Å². The lowest BCUT2D eigenvalue weighted by Gasteiger charge is -2.37. The molecule has 4 rings (SSSR count). The number of nitrogens with two attached hydrogens (primary N) is 1. The van der Waals surface area contributed by atoms with Gasteiger partial charge in [-0.25, -0.2) is 9.97 Å². The third kappa shape index (κ3) is 2.94. The predicted octanol–water partition coefficient (Wildman–Crippen LogP) is 4.33. The van der Waals surface area contributed by atoms with Crippen LogP contribution in [0, 0.1) is 6.92 Å². The second-order valence-corrected chi connectivity index (χ2v) is 8.02. The quantitative estimate of drug-likeness (QED) is 0.708. The van der Waals surface area contributed by atoms with Gasteiger partial charge in [0.25, 0.3) is 0 Å². The molecule has 2 aromatic heterocycles. The first-order valence-electron chi connectivity index (χ1n) is 8.69. The number of rotatable bonds is 2. The fourth-order valence-corrected chi connectivity index (χ4v) is 3.90.